The van der Waals surface area contributed by atoms with Crippen molar-refractivity contribution in [3.8, 4) is 0 Å². The number of fused-ring (bicyclic) bond motifs is 2. The lowest BCUT2D eigenvalue weighted by Gasteiger charge is -2.22. The van der Waals surface area contributed by atoms with Crippen molar-refractivity contribution in [1.82, 2.24) is 5.32 Å². The molecule has 3 rings (SSSR count). The van der Waals surface area contributed by atoms with Crippen LogP contribution in [0.1, 0.15) is 25.7 Å². The lowest BCUT2D eigenvalue weighted by molar-refractivity contribution is 0.332. The summed E-state index contributed by atoms with van der Waals surface area (Å²) < 4.78 is 13.5. The molecule has 0 spiro atoms. The first-order valence-corrected chi connectivity index (χ1v) is 7.42. The van der Waals surface area contributed by atoms with Crippen LogP contribution in [0.4, 0.5) is 10.1 Å². The number of rotatable bonds is 3. The smallest absolute Gasteiger partial charge is 0.170 e. The molecule has 2 bridgehead atoms. The van der Waals surface area contributed by atoms with E-state index in [1.165, 1.54) is 31.7 Å². The van der Waals surface area contributed by atoms with Crippen LogP contribution in [0.25, 0.3) is 0 Å². The average Bonchev–Trinajstić information content (AvgIpc) is 3.01. The zero-order chi connectivity index (χ0) is 13.2. The Morgan fingerprint density at radius 3 is 2.79 bits per heavy atom. The fourth-order valence-corrected chi connectivity index (χ4v) is 3.77. The van der Waals surface area contributed by atoms with Gasteiger partial charge in [0.15, 0.2) is 5.11 Å². The number of thiocarbonyl (C=S) groups is 1. The summed E-state index contributed by atoms with van der Waals surface area (Å²) in [6.07, 6.45) is 5.53. The van der Waals surface area contributed by atoms with E-state index in [4.69, 9.17) is 12.2 Å². The molecule has 2 aliphatic carbocycles. The third kappa shape index (κ3) is 2.89. The van der Waals surface area contributed by atoms with Crippen LogP contribution in [0.5, 0.6) is 0 Å². The normalized spacial score (nSPS) is 28.4. The maximum absolute atomic E-state index is 13.5. The van der Waals surface area contributed by atoms with Gasteiger partial charge in [0.25, 0.3) is 0 Å². The summed E-state index contributed by atoms with van der Waals surface area (Å²) in [7, 11) is 0. The summed E-state index contributed by atoms with van der Waals surface area (Å²) in [4.78, 5) is 0. The van der Waals surface area contributed by atoms with E-state index in [-0.39, 0.29) is 5.82 Å². The van der Waals surface area contributed by atoms with Crippen LogP contribution in [-0.2, 0) is 0 Å². The van der Waals surface area contributed by atoms with Gasteiger partial charge in [-0.25, -0.2) is 4.39 Å². The lowest BCUT2D eigenvalue weighted by atomic mass is 9.89. The molecule has 0 radical (unpaired) electrons. The molecule has 0 amide bonds. The van der Waals surface area contributed by atoms with Gasteiger partial charge in [-0.05, 0) is 61.4 Å². The largest absolute Gasteiger partial charge is 0.362 e. The van der Waals surface area contributed by atoms with Crippen molar-refractivity contribution >= 4 is 23.0 Å². The predicted octanol–water partition coefficient (Wildman–Crippen LogP) is 3.55. The summed E-state index contributed by atoms with van der Waals surface area (Å²) in [6, 6.07) is 6.60. The van der Waals surface area contributed by atoms with E-state index in [2.05, 4.69) is 10.6 Å². The predicted molar refractivity (Wildman–Crippen MR) is 79.6 cm³/mol. The Hall–Kier alpha value is -1.16. The van der Waals surface area contributed by atoms with E-state index in [9.17, 15) is 4.39 Å². The van der Waals surface area contributed by atoms with Crippen LogP contribution in [-0.4, -0.2) is 11.7 Å². The maximum Gasteiger partial charge on any atom is 0.170 e. The van der Waals surface area contributed by atoms with Gasteiger partial charge in [0.1, 0.15) is 5.82 Å². The summed E-state index contributed by atoms with van der Waals surface area (Å²) in [6.45, 7) is 0.918. The molecule has 0 unspecified atom stereocenters. The highest BCUT2D eigenvalue weighted by Crippen LogP contribution is 2.47. The lowest BCUT2D eigenvalue weighted by Crippen LogP contribution is -2.34. The van der Waals surface area contributed by atoms with Gasteiger partial charge < -0.3 is 10.6 Å². The van der Waals surface area contributed by atoms with Gasteiger partial charge in [0, 0.05) is 6.54 Å². The number of halogens is 1. The molecular weight excluding hydrogens is 259 g/mol. The molecule has 2 saturated carbocycles. The number of nitrogens with one attached hydrogen (secondary N) is 2. The molecule has 2 fully saturated rings. The number of anilines is 1. The van der Waals surface area contributed by atoms with Crippen molar-refractivity contribution in [1.29, 1.82) is 0 Å². The van der Waals surface area contributed by atoms with E-state index in [0.717, 1.165) is 24.3 Å². The first kappa shape index (κ1) is 12.9. The SMILES string of the molecule is Fc1ccccc1NC(=S)NC[C@@H]1C[C@H]2CC[C@H]1C2. The second kappa shape index (κ2) is 5.45. The highest BCUT2D eigenvalue weighted by molar-refractivity contribution is 7.80. The van der Waals surface area contributed by atoms with Gasteiger partial charge in [-0.3, -0.25) is 0 Å². The molecule has 2 aliphatic rings. The number of para-hydroxylation sites is 1. The molecule has 0 aliphatic heterocycles. The standard InChI is InChI=1S/C15H19FN2S/c16-13-3-1-2-4-14(13)18-15(19)17-9-12-8-10-5-6-11(12)7-10/h1-4,10-12H,5-9H2,(H2,17,18,19)/t10-,11-,12-/m0/s1. The molecule has 2 N–H and O–H groups in total. The van der Waals surface area contributed by atoms with Crippen molar-refractivity contribution in [3.05, 3.63) is 30.1 Å². The van der Waals surface area contributed by atoms with Crippen LogP contribution in [0.3, 0.4) is 0 Å². The fourth-order valence-electron chi connectivity index (χ4n) is 3.58. The summed E-state index contributed by atoms with van der Waals surface area (Å²) in [5, 5.41) is 6.68. The molecule has 1 aromatic carbocycles. The van der Waals surface area contributed by atoms with Crippen molar-refractivity contribution < 1.29 is 4.39 Å². The first-order valence-electron chi connectivity index (χ1n) is 7.02. The van der Waals surface area contributed by atoms with Gasteiger partial charge in [-0.15, -0.1) is 0 Å². The third-order valence-corrected chi connectivity index (χ3v) is 4.78. The second-order valence-electron chi connectivity index (χ2n) is 5.75. The molecule has 0 aromatic heterocycles. The van der Waals surface area contributed by atoms with Crippen LogP contribution >= 0.6 is 12.2 Å². The maximum atomic E-state index is 13.5. The topological polar surface area (TPSA) is 24.1 Å². The first-order chi connectivity index (χ1) is 9.22. The summed E-state index contributed by atoms with van der Waals surface area (Å²) in [5.74, 6) is 2.31. The quantitative estimate of drug-likeness (QED) is 0.827. The Kier molecular flexibility index (Phi) is 3.69. The Morgan fingerprint density at radius 1 is 1.26 bits per heavy atom. The molecule has 3 atom stereocenters. The third-order valence-electron chi connectivity index (χ3n) is 4.53. The highest BCUT2D eigenvalue weighted by atomic mass is 32.1. The van der Waals surface area contributed by atoms with E-state index in [1.807, 2.05) is 0 Å². The van der Waals surface area contributed by atoms with E-state index < -0.39 is 0 Å². The van der Waals surface area contributed by atoms with Crippen LogP contribution in [0.15, 0.2) is 24.3 Å². The van der Waals surface area contributed by atoms with Crippen LogP contribution < -0.4 is 10.6 Å². The minimum absolute atomic E-state index is 0.272. The summed E-state index contributed by atoms with van der Waals surface area (Å²) in [5.41, 5.74) is 0.438. The van der Waals surface area contributed by atoms with Crippen LogP contribution in [0.2, 0.25) is 0 Å². The fraction of sp³-hybridized carbons (Fsp3) is 0.533. The zero-order valence-electron chi connectivity index (χ0n) is 10.9. The Balaban J connectivity index is 1.48. The van der Waals surface area contributed by atoms with Gasteiger partial charge in [0.05, 0.1) is 5.69 Å². The van der Waals surface area contributed by atoms with Gasteiger partial charge in [-0.2, -0.15) is 0 Å². The monoisotopic (exact) mass is 278 g/mol. The molecule has 19 heavy (non-hydrogen) atoms. The van der Waals surface area contributed by atoms with Crippen LogP contribution in [0, 0.1) is 23.6 Å². The number of benzene rings is 1. The highest BCUT2D eigenvalue weighted by Gasteiger charge is 2.39. The number of hydrogen-bond acceptors (Lipinski definition) is 1. The number of hydrogen-bond donors (Lipinski definition) is 2. The summed E-state index contributed by atoms with van der Waals surface area (Å²) >= 11 is 5.23. The minimum Gasteiger partial charge on any atom is -0.362 e. The Bertz CT molecular complexity index is 477. The van der Waals surface area contributed by atoms with E-state index in [1.54, 1.807) is 18.2 Å². The van der Waals surface area contributed by atoms with Crippen molar-refractivity contribution in [2.24, 2.45) is 17.8 Å². The molecule has 1 aromatic rings. The molecule has 4 heteroatoms. The second-order valence-corrected chi connectivity index (χ2v) is 6.16. The molecule has 2 nitrogen and oxygen atoms in total. The van der Waals surface area contributed by atoms with E-state index >= 15 is 0 Å². The van der Waals surface area contributed by atoms with Crippen molar-refractivity contribution in [3.63, 3.8) is 0 Å². The van der Waals surface area contributed by atoms with E-state index in [0.29, 0.717) is 10.8 Å². The molecular formula is C15H19FN2S. The minimum atomic E-state index is -0.272. The zero-order valence-corrected chi connectivity index (χ0v) is 11.7. The molecule has 0 heterocycles. The van der Waals surface area contributed by atoms with Gasteiger partial charge in [0.2, 0.25) is 0 Å². The van der Waals surface area contributed by atoms with Gasteiger partial charge >= 0.3 is 0 Å². The Morgan fingerprint density at radius 2 is 2.11 bits per heavy atom. The van der Waals surface area contributed by atoms with Gasteiger partial charge in [-0.1, -0.05) is 18.6 Å². The average molecular weight is 278 g/mol. The Labute approximate surface area is 118 Å². The van der Waals surface area contributed by atoms with Crippen molar-refractivity contribution in [2.75, 3.05) is 11.9 Å². The van der Waals surface area contributed by atoms with Crippen molar-refractivity contribution in [2.45, 2.75) is 25.7 Å². The molecule has 0 saturated heterocycles. The molecule has 102 valence electrons.